The van der Waals surface area contributed by atoms with E-state index in [2.05, 4.69) is 9.50 Å². The molecule has 0 radical (unpaired) electrons. The number of aromatic nitrogens is 2. The number of nitrogens with zero attached hydrogens (tertiary/aromatic N) is 5. The average molecular weight is 438 g/mol. The molecule has 31 heavy (non-hydrogen) atoms. The molecule has 2 heterocycles. The number of hydrogen-bond donors (Lipinski definition) is 0. The lowest BCUT2D eigenvalue weighted by Crippen LogP contribution is -2.39. The predicted octanol–water partition coefficient (Wildman–Crippen LogP) is 1.97. The molecule has 0 atom stereocenters. The molecular formula is C22H23N5O3S. The number of amidine groups is 1. The second-order valence-electron chi connectivity index (χ2n) is 7.52. The standard InChI is InChI=1S/C22H23N5O3S/c1-25(13-18-12-23-27(15-18)14-17-8-4-3-5-9-17)21(28)16-26(2)22-19-10-6-7-11-20(19)31(29,30)24-22/h3-12,15H,13-14,16H2,1-2H3. The summed E-state index contributed by atoms with van der Waals surface area (Å²) in [6.45, 7) is 1.08. The van der Waals surface area contributed by atoms with Crippen LogP contribution < -0.4 is 0 Å². The summed E-state index contributed by atoms with van der Waals surface area (Å²) < 4.78 is 30.2. The molecule has 1 aliphatic rings. The van der Waals surface area contributed by atoms with E-state index in [1.54, 1.807) is 48.3 Å². The summed E-state index contributed by atoms with van der Waals surface area (Å²) in [7, 11) is -0.336. The molecule has 0 unspecified atom stereocenters. The maximum atomic E-state index is 12.7. The minimum absolute atomic E-state index is 0.0113. The van der Waals surface area contributed by atoms with Crippen LogP contribution in [0.3, 0.4) is 0 Å². The van der Waals surface area contributed by atoms with Crippen molar-refractivity contribution in [1.29, 1.82) is 0 Å². The Labute approximate surface area is 181 Å². The normalized spacial score (nSPS) is 14.1. The Morgan fingerprint density at radius 1 is 1.00 bits per heavy atom. The zero-order valence-corrected chi connectivity index (χ0v) is 18.2. The Bertz CT molecular complexity index is 1230. The van der Waals surface area contributed by atoms with Crippen molar-refractivity contribution in [1.82, 2.24) is 19.6 Å². The molecule has 8 nitrogen and oxygen atoms in total. The fourth-order valence-electron chi connectivity index (χ4n) is 3.47. The number of carbonyl (C=O) groups is 1. The fraction of sp³-hybridized carbons (Fsp3) is 0.227. The van der Waals surface area contributed by atoms with E-state index in [4.69, 9.17) is 0 Å². The van der Waals surface area contributed by atoms with Crippen LogP contribution in [0.25, 0.3) is 0 Å². The minimum Gasteiger partial charge on any atom is -0.349 e. The average Bonchev–Trinajstić information content (AvgIpc) is 3.30. The van der Waals surface area contributed by atoms with E-state index < -0.39 is 10.0 Å². The van der Waals surface area contributed by atoms with Gasteiger partial charge < -0.3 is 9.80 Å². The third-order valence-corrected chi connectivity index (χ3v) is 6.39. The second kappa shape index (κ2) is 8.35. The first kappa shape index (κ1) is 20.8. The van der Waals surface area contributed by atoms with Crippen molar-refractivity contribution in [2.45, 2.75) is 18.0 Å². The van der Waals surface area contributed by atoms with Gasteiger partial charge in [0.25, 0.3) is 10.0 Å². The molecular weight excluding hydrogens is 414 g/mol. The van der Waals surface area contributed by atoms with E-state index in [1.165, 1.54) is 6.07 Å². The molecule has 2 aromatic carbocycles. The molecule has 9 heteroatoms. The quantitative estimate of drug-likeness (QED) is 0.588. The van der Waals surface area contributed by atoms with Crippen LogP contribution in [-0.4, -0.2) is 60.4 Å². The lowest BCUT2D eigenvalue weighted by atomic mass is 10.2. The highest BCUT2D eigenvalue weighted by Crippen LogP contribution is 2.26. The molecule has 1 aromatic heterocycles. The highest BCUT2D eigenvalue weighted by atomic mass is 32.2. The summed E-state index contributed by atoms with van der Waals surface area (Å²) in [6.07, 6.45) is 3.67. The summed E-state index contributed by atoms with van der Waals surface area (Å²) in [5, 5.41) is 4.37. The van der Waals surface area contributed by atoms with Crippen LogP contribution >= 0.6 is 0 Å². The molecule has 0 N–H and O–H groups in total. The molecule has 0 aliphatic carbocycles. The van der Waals surface area contributed by atoms with Crippen molar-refractivity contribution in [3.63, 3.8) is 0 Å². The number of carbonyl (C=O) groups excluding carboxylic acids is 1. The van der Waals surface area contributed by atoms with Crippen molar-refractivity contribution in [2.24, 2.45) is 4.40 Å². The van der Waals surface area contributed by atoms with Crippen molar-refractivity contribution in [3.8, 4) is 0 Å². The van der Waals surface area contributed by atoms with Crippen molar-refractivity contribution in [2.75, 3.05) is 20.6 Å². The van der Waals surface area contributed by atoms with Gasteiger partial charge in [0.2, 0.25) is 5.91 Å². The van der Waals surface area contributed by atoms with Gasteiger partial charge >= 0.3 is 0 Å². The van der Waals surface area contributed by atoms with Gasteiger partial charge in [0.1, 0.15) is 4.90 Å². The van der Waals surface area contributed by atoms with Crippen LogP contribution in [0.2, 0.25) is 0 Å². The maximum absolute atomic E-state index is 12.7. The molecule has 3 aromatic rings. The first-order valence-corrected chi connectivity index (χ1v) is 11.2. The molecule has 4 rings (SSSR count). The van der Waals surface area contributed by atoms with Gasteiger partial charge in [-0.2, -0.15) is 13.5 Å². The maximum Gasteiger partial charge on any atom is 0.285 e. The van der Waals surface area contributed by atoms with Gasteiger partial charge in [-0.05, 0) is 17.7 Å². The van der Waals surface area contributed by atoms with Gasteiger partial charge in [0, 0.05) is 38.0 Å². The van der Waals surface area contributed by atoms with E-state index in [1.807, 2.05) is 41.2 Å². The molecule has 0 saturated heterocycles. The lowest BCUT2D eigenvalue weighted by molar-refractivity contribution is -0.130. The molecule has 0 spiro atoms. The first-order chi connectivity index (χ1) is 14.8. The van der Waals surface area contributed by atoms with Gasteiger partial charge in [-0.1, -0.05) is 42.5 Å². The van der Waals surface area contributed by atoms with E-state index in [-0.39, 0.29) is 23.2 Å². The summed E-state index contributed by atoms with van der Waals surface area (Å²) in [5.41, 5.74) is 2.58. The minimum atomic E-state index is -3.72. The largest absolute Gasteiger partial charge is 0.349 e. The van der Waals surface area contributed by atoms with E-state index in [9.17, 15) is 13.2 Å². The van der Waals surface area contributed by atoms with E-state index in [0.29, 0.717) is 18.7 Å². The Kier molecular flexibility index (Phi) is 5.60. The fourth-order valence-corrected chi connectivity index (χ4v) is 4.72. The van der Waals surface area contributed by atoms with Crippen LogP contribution in [-0.2, 0) is 27.9 Å². The van der Waals surface area contributed by atoms with Gasteiger partial charge in [0.05, 0.1) is 19.3 Å². The van der Waals surface area contributed by atoms with Crippen molar-refractivity contribution < 1.29 is 13.2 Å². The number of likely N-dealkylation sites (N-methyl/N-ethyl adjacent to an activating group) is 2. The Balaban J connectivity index is 1.38. The summed E-state index contributed by atoms with van der Waals surface area (Å²) in [6, 6.07) is 16.7. The van der Waals surface area contributed by atoms with Crippen LogP contribution in [0.4, 0.5) is 0 Å². The summed E-state index contributed by atoms with van der Waals surface area (Å²) in [5.74, 6) is 0.135. The Morgan fingerprint density at radius 3 is 2.48 bits per heavy atom. The monoisotopic (exact) mass is 437 g/mol. The highest BCUT2D eigenvalue weighted by molar-refractivity contribution is 7.90. The number of benzene rings is 2. The Morgan fingerprint density at radius 2 is 1.71 bits per heavy atom. The smallest absolute Gasteiger partial charge is 0.285 e. The predicted molar refractivity (Wildman–Crippen MR) is 117 cm³/mol. The molecule has 1 amide bonds. The molecule has 1 aliphatic heterocycles. The number of hydrogen-bond acceptors (Lipinski definition) is 5. The first-order valence-electron chi connectivity index (χ1n) is 9.78. The SMILES string of the molecule is CN(Cc1cnn(Cc2ccccc2)c1)C(=O)CN(C)C1=NS(=O)(=O)c2ccccc21. The molecule has 0 bridgehead atoms. The van der Waals surface area contributed by atoms with Crippen LogP contribution in [0.15, 0.2) is 76.3 Å². The van der Waals surface area contributed by atoms with Crippen LogP contribution in [0, 0.1) is 0 Å². The molecule has 0 fully saturated rings. The molecule has 160 valence electrons. The molecule has 0 saturated carbocycles. The second-order valence-corrected chi connectivity index (χ2v) is 9.10. The van der Waals surface area contributed by atoms with E-state index in [0.717, 1.165) is 11.1 Å². The van der Waals surface area contributed by atoms with Crippen molar-refractivity contribution >= 4 is 21.8 Å². The zero-order valence-electron chi connectivity index (χ0n) is 17.3. The topological polar surface area (TPSA) is 87.9 Å². The van der Waals surface area contributed by atoms with Gasteiger partial charge in [-0.25, -0.2) is 0 Å². The number of fused-ring (bicyclic) bond motifs is 1. The van der Waals surface area contributed by atoms with Crippen molar-refractivity contribution in [3.05, 3.63) is 83.7 Å². The van der Waals surface area contributed by atoms with Gasteiger partial charge in [-0.15, -0.1) is 4.40 Å². The lowest BCUT2D eigenvalue weighted by Gasteiger charge is -2.22. The van der Waals surface area contributed by atoms with Crippen LogP contribution in [0.5, 0.6) is 0 Å². The Hall–Kier alpha value is -3.46. The third kappa shape index (κ3) is 4.51. The van der Waals surface area contributed by atoms with Gasteiger partial charge in [-0.3, -0.25) is 9.48 Å². The summed E-state index contributed by atoms with van der Waals surface area (Å²) >= 11 is 0. The van der Waals surface area contributed by atoms with Gasteiger partial charge in [0.15, 0.2) is 5.84 Å². The number of amides is 1. The third-order valence-electron chi connectivity index (χ3n) is 5.07. The summed E-state index contributed by atoms with van der Waals surface area (Å²) in [4.78, 5) is 16.1. The van der Waals surface area contributed by atoms with Crippen LogP contribution in [0.1, 0.15) is 16.7 Å². The zero-order chi connectivity index (χ0) is 22.0. The highest BCUT2D eigenvalue weighted by Gasteiger charge is 2.31. The van der Waals surface area contributed by atoms with E-state index >= 15 is 0 Å². The number of rotatable bonds is 6. The number of sulfonamides is 1.